The van der Waals surface area contributed by atoms with Crippen LogP contribution in [0.3, 0.4) is 0 Å². The van der Waals surface area contributed by atoms with Crippen LogP contribution in [0.4, 0.5) is 4.79 Å². The van der Waals surface area contributed by atoms with E-state index in [1.807, 2.05) is 0 Å². The largest absolute Gasteiger partial charge is 0.465 e. The van der Waals surface area contributed by atoms with Crippen LogP contribution >= 0.6 is 0 Å². The Kier molecular flexibility index (Phi) is 3.43. The van der Waals surface area contributed by atoms with Gasteiger partial charge in [-0.05, 0) is 45.2 Å². The molecule has 2 aliphatic heterocycles. The molecule has 0 aromatic heterocycles. The maximum absolute atomic E-state index is 11.3. The summed E-state index contributed by atoms with van der Waals surface area (Å²) in [5.41, 5.74) is 0. The minimum atomic E-state index is -0.742. The highest BCUT2D eigenvalue weighted by Crippen LogP contribution is 2.30. The van der Waals surface area contributed by atoms with Gasteiger partial charge in [-0.1, -0.05) is 0 Å². The fraction of sp³-hybridized carbons (Fsp3) is 0.923. The smallest absolute Gasteiger partial charge is 0.407 e. The minimum Gasteiger partial charge on any atom is -0.465 e. The number of carbonyl (C=O) groups is 1. The fourth-order valence-corrected chi connectivity index (χ4v) is 4.01. The van der Waals surface area contributed by atoms with E-state index in [0.717, 1.165) is 19.4 Å². The Hall–Kier alpha value is -0.810. The average molecular weight is 253 g/mol. The maximum Gasteiger partial charge on any atom is 0.407 e. The number of amides is 1. The molecule has 3 atom stereocenters. The number of hydrogen-bond donors (Lipinski definition) is 2. The average Bonchev–Trinajstić information content (AvgIpc) is 2.91. The van der Waals surface area contributed by atoms with Crippen molar-refractivity contribution in [2.45, 2.75) is 50.2 Å². The first-order valence-electron chi connectivity index (χ1n) is 7.24. The van der Waals surface area contributed by atoms with Crippen LogP contribution in [0.5, 0.6) is 0 Å². The van der Waals surface area contributed by atoms with Gasteiger partial charge in [-0.15, -0.1) is 0 Å². The van der Waals surface area contributed by atoms with E-state index < -0.39 is 6.09 Å². The predicted molar refractivity (Wildman–Crippen MR) is 68.8 cm³/mol. The molecule has 3 fully saturated rings. The lowest BCUT2D eigenvalue weighted by Crippen LogP contribution is -2.67. The minimum absolute atomic E-state index is 0.190. The summed E-state index contributed by atoms with van der Waals surface area (Å²) < 4.78 is 0. The highest BCUT2D eigenvalue weighted by atomic mass is 16.4. The SMILES string of the molecule is O=C(O)N1CCN[C@@H]2[C@@H](N3CCCC3)CCC[C@@H]21. The number of nitrogens with one attached hydrogen (secondary N) is 1. The third-order valence-electron chi connectivity index (χ3n) is 4.82. The molecule has 0 aromatic rings. The van der Waals surface area contributed by atoms with Crippen molar-refractivity contribution in [2.24, 2.45) is 0 Å². The Morgan fingerprint density at radius 2 is 1.78 bits per heavy atom. The van der Waals surface area contributed by atoms with E-state index in [-0.39, 0.29) is 6.04 Å². The van der Waals surface area contributed by atoms with Crippen molar-refractivity contribution >= 4 is 6.09 Å². The first kappa shape index (κ1) is 12.2. The van der Waals surface area contributed by atoms with Crippen LogP contribution in [0.15, 0.2) is 0 Å². The highest BCUT2D eigenvalue weighted by Gasteiger charge is 2.43. The van der Waals surface area contributed by atoms with E-state index in [9.17, 15) is 9.90 Å². The van der Waals surface area contributed by atoms with Gasteiger partial charge in [-0.3, -0.25) is 4.90 Å². The standard InChI is InChI=1S/C13H23N3O2/c17-13(18)16-9-6-14-12-10(4-3-5-11(12)16)15-7-1-2-8-15/h10-12,14H,1-9H2,(H,17,18)/t10-,11-,12+/m0/s1. The quantitative estimate of drug-likeness (QED) is 0.730. The summed E-state index contributed by atoms with van der Waals surface area (Å²) in [6.45, 7) is 3.84. The molecule has 0 aromatic carbocycles. The van der Waals surface area contributed by atoms with Crippen molar-refractivity contribution in [3.05, 3.63) is 0 Å². The predicted octanol–water partition coefficient (Wildman–Crippen LogP) is 0.955. The number of hydrogen-bond acceptors (Lipinski definition) is 3. The van der Waals surface area contributed by atoms with Gasteiger partial charge in [0.15, 0.2) is 0 Å². The Morgan fingerprint density at radius 3 is 2.50 bits per heavy atom. The Labute approximate surface area is 108 Å². The lowest BCUT2D eigenvalue weighted by molar-refractivity contribution is 0.0349. The van der Waals surface area contributed by atoms with Gasteiger partial charge >= 0.3 is 6.09 Å². The lowest BCUT2D eigenvalue weighted by Gasteiger charge is -2.49. The van der Waals surface area contributed by atoms with Gasteiger partial charge in [0.2, 0.25) is 0 Å². The topological polar surface area (TPSA) is 55.8 Å². The molecule has 0 spiro atoms. The molecule has 2 N–H and O–H groups in total. The first-order valence-corrected chi connectivity index (χ1v) is 7.24. The van der Waals surface area contributed by atoms with Gasteiger partial charge in [0.25, 0.3) is 0 Å². The molecule has 1 aliphatic carbocycles. The summed E-state index contributed by atoms with van der Waals surface area (Å²) in [4.78, 5) is 15.6. The van der Waals surface area contributed by atoms with E-state index >= 15 is 0 Å². The fourth-order valence-electron chi connectivity index (χ4n) is 4.01. The summed E-state index contributed by atoms with van der Waals surface area (Å²) >= 11 is 0. The zero-order valence-electron chi connectivity index (χ0n) is 10.8. The molecule has 0 unspecified atom stereocenters. The number of likely N-dealkylation sites (tertiary alicyclic amines) is 1. The molecule has 3 aliphatic rings. The first-order chi connectivity index (χ1) is 8.77. The monoisotopic (exact) mass is 253 g/mol. The van der Waals surface area contributed by atoms with Gasteiger partial charge in [-0.25, -0.2) is 4.79 Å². The van der Waals surface area contributed by atoms with Crippen molar-refractivity contribution in [3.8, 4) is 0 Å². The van der Waals surface area contributed by atoms with Crippen molar-refractivity contribution in [3.63, 3.8) is 0 Å². The van der Waals surface area contributed by atoms with Crippen molar-refractivity contribution in [1.82, 2.24) is 15.1 Å². The zero-order chi connectivity index (χ0) is 12.5. The number of fused-ring (bicyclic) bond motifs is 1. The second-order valence-electron chi connectivity index (χ2n) is 5.76. The van der Waals surface area contributed by atoms with E-state index in [4.69, 9.17) is 0 Å². The highest BCUT2D eigenvalue weighted by molar-refractivity contribution is 5.65. The lowest BCUT2D eigenvalue weighted by atomic mass is 9.83. The molecule has 0 radical (unpaired) electrons. The van der Waals surface area contributed by atoms with E-state index in [1.54, 1.807) is 4.90 Å². The Balaban J connectivity index is 1.75. The van der Waals surface area contributed by atoms with Crippen LogP contribution in [0.25, 0.3) is 0 Å². The third-order valence-corrected chi connectivity index (χ3v) is 4.82. The van der Waals surface area contributed by atoms with Gasteiger partial charge < -0.3 is 15.3 Å². The summed E-state index contributed by atoms with van der Waals surface area (Å²) in [5, 5.41) is 12.9. The van der Waals surface area contributed by atoms with E-state index in [0.29, 0.717) is 18.6 Å². The molecule has 0 bridgehead atoms. The van der Waals surface area contributed by atoms with Crippen LogP contribution in [-0.4, -0.2) is 65.3 Å². The number of piperazine rings is 1. The van der Waals surface area contributed by atoms with Crippen LogP contribution < -0.4 is 5.32 Å². The summed E-state index contributed by atoms with van der Waals surface area (Å²) in [6.07, 6.45) is 5.27. The van der Waals surface area contributed by atoms with Gasteiger partial charge in [0.1, 0.15) is 0 Å². The van der Waals surface area contributed by atoms with Crippen molar-refractivity contribution in [2.75, 3.05) is 26.2 Å². The van der Waals surface area contributed by atoms with Crippen molar-refractivity contribution in [1.29, 1.82) is 0 Å². The van der Waals surface area contributed by atoms with Crippen LogP contribution in [0, 0.1) is 0 Å². The van der Waals surface area contributed by atoms with Gasteiger partial charge in [0.05, 0.1) is 6.04 Å². The number of nitrogens with zero attached hydrogens (tertiary/aromatic N) is 2. The molecule has 5 heteroatoms. The molecular formula is C13H23N3O2. The second kappa shape index (κ2) is 5.05. The van der Waals surface area contributed by atoms with Gasteiger partial charge in [-0.2, -0.15) is 0 Å². The molecule has 2 heterocycles. The third kappa shape index (κ3) is 2.10. The summed E-state index contributed by atoms with van der Waals surface area (Å²) in [6, 6.07) is 1.09. The van der Waals surface area contributed by atoms with Crippen LogP contribution in [-0.2, 0) is 0 Å². The summed E-state index contributed by atoms with van der Waals surface area (Å²) in [5.74, 6) is 0. The van der Waals surface area contributed by atoms with Crippen molar-refractivity contribution < 1.29 is 9.90 Å². The summed E-state index contributed by atoms with van der Waals surface area (Å²) in [7, 11) is 0. The molecular weight excluding hydrogens is 230 g/mol. The maximum atomic E-state index is 11.3. The number of rotatable bonds is 1. The molecule has 1 saturated carbocycles. The Morgan fingerprint density at radius 1 is 1.06 bits per heavy atom. The number of carboxylic acid groups (broad SMARTS) is 1. The zero-order valence-corrected chi connectivity index (χ0v) is 10.8. The van der Waals surface area contributed by atoms with E-state index in [1.165, 1.54) is 32.4 Å². The normalized spacial score (nSPS) is 37.6. The molecule has 102 valence electrons. The molecule has 18 heavy (non-hydrogen) atoms. The molecule has 5 nitrogen and oxygen atoms in total. The van der Waals surface area contributed by atoms with Crippen LogP contribution in [0.2, 0.25) is 0 Å². The molecule has 3 rings (SSSR count). The molecule has 2 saturated heterocycles. The van der Waals surface area contributed by atoms with E-state index in [2.05, 4.69) is 10.2 Å². The Bertz CT molecular complexity index is 317. The van der Waals surface area contributed by atoms with Gasteiger partial charge in [0, 0.05) is 25.2 Å². The van der Waals surface area contributed by atoms with Crippen LogP contribution in [0.1, 0.15) is 32.1 Å². The second-order valence-corrected chi connectivity index (χ2v) is 5.76. The molecule has 1 amide bonds.